The highest BCUT2D eigenvalue weighted by atomic mass is 19.1. The number of ether oxygens (including phenoxy) is 1. The van der Waals surface area contributed by atoms with E-state index in [2.05, 4.69) is 5.32 Å². The first kappa shape index (κ1) is 24.9. The summed E-state index contributed by atoms with van der Waals surface area (Å²) in [6.07, 6.45) is 0.443. The largest absolute Gasteiger partial charge is 0.478 e. The van der Waals surface area contributed by atoms with Gasteiger partial charge in [0.1, 0.15) is 17.2 Å². The van der Waals surface area contributed by atoms with Crippen molar-refractivity contribution >= 4 is 29.5 Å². The van der Waals surface area contributed by atoms with E-state index in [-0.39, 0.29) is 6.04 Å². The van der Waals surface area contributed by atoms with Gasteiger partial charge in [-0.1, -0.05) is 18.2 Å². The van der Waals surface area contributed by atoms with Crippen molar-refractivity contribution in [3.05, 3.63) is 59.7 Å². The zero-order valence-electron chi connectivity index (χ0n) is 19.2. The van der Waals surface area contributed by atoms with Crippen molar-refractivity contribution in [1.29, 1.82) is 0 Å². The maximum absolute atomic E-state index is 14.3. The molecule has 1 saturated heterocycles. The number of benzene rings is 2. The van der Waals surface area contributed by atoms with Crippen LogP contribution in [0.3, 0.4) is 0 Å². The van der Waals surface area contributed by atoms with Crippen LogP contribution < -0.4 is 10.2 Å². The maximum Gasteiger partial charge on any atom is 0.410 e. The van der Waals surface area contributed by atoms with Gasteiger partial charge in [0.15, 0.2) is 0 Å². The number of nitrogens with one attached hydrogen (secondary N) is 1. The molecule has 1 fully saturated rings. The van der Waals surface area contributed by atoms with Crippen LogP contribution >= 0.6 is 0 Å². The Morgan fingerprint density at radius 2 is 1.68 bits per heavy atom. The molecule has 182 valence electrons. The van der Waals surface area contributed by atoms with Gasteiger partial charge in [-0.15, -0.1) is 0 Å². The molecule has 34 heavy (non-hydrogen) atoms. The molecule has 1 aliphatic heterocycles. The fourth-order valence-corrected chi connectivity index (χ4v) is 3.70. The normalized spacial score (nSPS) is 14.4. The first-order valence-electron chi connectivity index (χ1n) is 10.8. The number of nitrogens with zero attached hydrogens (tertiary/aromatic N) is 2. The van der Waals surface area contributed by atoms with Crippen LogP contribution in [-0.4, -0.2) is 52.8 Å². The van der Waals surface area contributed by atoms with Gasteiger partial charge in [0.2, 0.25) is 0 Å². The number of carbonyl (C=O) groups is 3. The zero-order chi connectivity index (χ0) is 25.0. The van der Waals surface area contributed by atoms with Gasteiger partial charge in [-0.25, -0.2) is 23.2 Å². The number of carboxylic acid groups (broad SMARTS) is 1. The van der Waals surface area contributed by atoms with E-state index >= 15 is 0 Å². The van der Waals surface area contributed by atoms with Crippen LogP contribution in [-0.2, 0) is 4.74 Å². The fourth-order valence-electron chi connectivity index (χ4n) is 3.70. The lowest BCUT2D eigenvalue weighted by Crippen LogP contribution is -2.51. The number of amides is 3. The summed E-state index contributed by atoms with van der Waals surface area (Å²) in [5.74, 6) is -3.91. The fraction of sp³-hybridized carbons (Fsp3) is 0.375. The second-order valence-electron chi connectivity index (χ2n) is 8.95. The monoisotopic (exact) mass is 475 g/mol. The molecule has 8 nitrogen and oxygen atoms in total. The number of aromatic carboxylic acids is 1. The van der Waals surface area contributed by atoms with E-state index in [1.54, 1.807) is 56.0 Å². The van der Waals surface area contributed by atoms with Gasteiger partial charge >= 0.3 is 18.1 Å². The molecule has 3 amide bonds. The van der Waals surface area contributed by atoms with Gasteiger partial charge in [0.05, 0.1) is 11.3 Å². The third-order valence-electron chi connectivity index (χ3n) is 5.26. The molecular formula is C24H27F2N3O5. The molecule has 0 saturated carbocycles. The van der Waals surface area contributed by atoms with Crippen LogP contribution in [0.15, 0.2) is 42.5 Å². The molecule has 1 aliphatic rings. The Kier molecular flexibility index (Phi) is 7.38. The average molecular weight is 475 g/mol. The quantitative estimate of drug-likeness (QED) is 0.641. The van der Waals surface area contributed by atoms with E-state index in [4.69, 9.17) is 9.84 Å². The second kappa shape index (κ2) is 10.1. The van der Waals surface area contributed by atoms with Gasteiger partial charge in [-0.05, 0) is 51.8 Å². The molecule has 2 aromatic rings. The van der Waals surface area contributed by atoms with Gasteiger partial charge in [0.25, 0.3) is 0 Å². The first-order valence-corrected chi connectivity index (χ1v) is 10.8. The van der Waals surface area contributed by atoms with Crippen molar-refractivity contribution in [2.75, 3.05) is 23.3 Å². The summed E-state index contributed by atoms with van der Waals surface area (Å²) in [5.41, 5.74) is -1.29. The van der Waals surface area contributed by atoms with E-state index in [9.17, 15) is 23.2 Å². The van der Waals surface area contributed by atoms with Crippen molar-refractivity contribution < 1.29 is 33.0 Å². The molecule has 0 aliphatic carbocycles. The number of para-hydroxylation sites is 1. The predicted octanol–water partition coefficient (Wildman–Crippen LogP) is 5.10. The number of hydrogen-bond acceptors (Lipinski definition) is 4. The minimum Gasteiger partial charge on any atom is -0.478 e. The summed E-state index contributed by atoms with van der Waals surface area (Å²) in [4.78, 5) is 39.8. The number of rotatable bonds is 4. The molecule has 10 heteroatoms. The Bertz CT molecular complexity index is 1060. The van der Waals surface area contributed by atoms with Crippen LogP contribution in [0.4, 0.5) is 29.7 Å². The van der Waals surface area contributed by atoms with Crippen molar-refractivity contribution in [1.82, 2.24) is 4.90 Å². The topological polar surface area (TPSA) is 99.2 Å². The summed E-state index contributed by atoms with van der Waals surface area (Å²) in [6.45, 7) is 6.05. The van der Waals surface area contributed by atoms with Crippen molar-refractivity contribution in [3.8, 4) is 0 Å². The first-order chi connectivity index (χ1) is 16.0. The molecule has 0 spiro atoms. The number of urea groups is 1. The molecule has 0 unspecified atom stereocenters. The van der Waals surface area contributed by atoms with Gasteiger partial charge in [-0.2, -0.15) is 0 Å². The summed E-state index contributed by atoms with van der Waals surface area (Å²) < 4.78 is 33.5. The number of anilines is 2. The minimum atomic E-state index is -1.58. The molecule has 0 bridgehead atoms. The third kappa shape index (κ3) is 6.00. The number of likely N-dealkylation sites (tertiary alicyclic amines) is 1. The molecule has 2 N–H and O–H groups in total. The summed E-state index contributed by atoms with van der Waals surface area (Å²) in [6, 6.07) is 8.83. The molecule has 0 radical (unpaired) electrons. The van der Waals surface area contributed by atoms with Crippen LogP contribution in [0, 0.1) is 11.6 Å². The van der Waals surface area contributed by atoms with E-state index in [1.807, 2.05) is 0 Å². The predicted molar refractivity (Wildman–Crippen MR) is 122 cm³/mol. The summed E-state index contributed by atoms with van der Waals surface area (Å²) in [7, 11) is 0. The van der Waals surface area contributed by atoms with E-state index in [0.29, 0.717) is 37.7 Å². The standard InChI is InChI=1S/C24H27F2N3O5/c1-24(2,3)34-23(33)28-11-9-16(10-12-28)29(15-7-5-4-6-8-15)22(32)27-20-13-17(21(30)31)18(25)14-19(20)26/h4-8,13-14,16H,9-12H2,1-3H3,(H,27,32)(H,30,31). The molecule has 0 aromatic heterocycles. The Balaban J connectivity index is 1.81. The molecule has 1 heterocycles. The SMILES string of the molecule is CC(C)(C)OC(=O)N1CCC(N(C(=O)Nc2cc(C(=O)O)c(F)cc2F)c2ccccc2)CC1. The Morgan fingerprint density at radius 3 is 2.24 bits per heavy atom. The Morgan fingerprint density at radius 1 is 1.06 bits per heavy atom. The third-order valence-corrected chi connectivity index (χ3v) is 5.26. The number of carbonyl (C=O) groups excluding carboxylic acids is 2. The lowest BCUT2D eigenvalue weighted by Gasteiger charge is -2.38. The lowest BCUT2D eigenvalue weighted by atomic mass is 10.0. The number of piperidine rings is 1. The zero-order valence-corrected chi connectivity index (χ0v) is 19.2. The number of carboxylic acids is 1. The molecule has 2 aromatic carbocycles. The smallest absolute Gasteiger partial charge is 0.410 e. The van der Waals surface area contributed by atoms with E-state index < -0.39 is 46.6 Å². The van der Waals surface area contributed by atoms with Crippen molar-refractivity contribution in [2.45, 2.75) is 45.3 Å². The second-order valence-corrected chi connectivity index (χ2v) is 8.95. The number of halogens is 2. The average Bonchev–Trinajstić information content (AvgIpc) is 2.75. The minimum absolute atomic E-state index is 0.330. The van der Waals surface area contributed by atoms with Crippen LogP contribution in [0.2, 0.25) is 0 Å². The highest BCUT2D eigenvalue weighted by Gasteiger charge is 2.33. The maximum atomic E-state index is 14.3. The Hall–Kier alpha value is -3.69. The van der Waals surface area contributed by atoms with Crippen LogP contribution in [0.1, 0.15) is 44.0 Å². The molecular weight excluding hydrogens is 448 g/mol. The van der Waals surface area contributed by atoms with Crippen molar-refractivity contribution in [2.24, 2.45) is 0 Å². The molecule has 3 rings (SSSR count). The summed E-state index contributed by atoms with van der Waals surface area (Å²) >= 11 is 0. The van der Waals surface area contributed by atoms with Crippen LogP contribution in [0.25, 0.3) is 0 Å². The molecule has 0 atom stereocenters. The lowest BCUT2D eigenvalue weighted by molar-refractivity contribution is 0.0206. The highest BCUT2D eigenvalue weighted by Crippen LogP contribution is 2.27. The van der Waals surface area contributed by atoms with E-state index in [1.165, 1.54) is 4.90 Å². The van der Waals surface area contributed by atoms with Crippen molar-refractivity contribution in [3.63, 3.8) is 0 Å². The van der Waals surface area contributed by atoms with Gasteiger partial charge in [0, 0.05) is 30.9 Å². The van der Waals surface area contributed by atoms with Crippen LogP contribution in [0.5, 0.6) is 0 Å². The summed E-state index contributed by atoms with van der Waals surface area (Å²) in [5, 5.41) is 11.5. The highest BCUT2D eigenvalue weighted by molar-refractivity contribution is 6.03. The van der Waals surface area contributed by atoms with Gasteiger partial charge in [-0.3, -0.25) is 4.90 Å². The Labute approximate surface area is 196 Å². The van der Waals surface area contributed by atoms with E-state index in [0.717, 1.165) is 6.07 Å². The van der Waals surface area contributed by atoms with Gasteiger partial charge < -0.3 is 20.1 Å². The number of hydrogen-bond donors (Lipinski definition) is 2.